The molecule has 0 N–H and O–H groups in total. The summed E-state index contributed by atoms with van der Waals surface area (Å²) >= 11 is 5.85. The van der Waals surface area contributed by atoms with Crippen LogP contribution < -0.4 is 9.47 Å². The number of unbranched alkanes of at least 4 members (excludes halogenated alkanes) is 1. The average molecular weight is 259 g/mol. The maximum Gasteiger partial charge on any atom is 0.127 e. The molecule has 0 radical (unpaired) electrons. The number of ether oxygens (including phenoxy) is 3. The Balaban J connectivity index is 2.49. The molecule has 0 aromatic heterocycles. The lowest BCUT2D eigenvalue weighted by Gasteiger charge is -2.11. The average Bonchev–Trinajstić information content (AvgIpc) is 2.38. The van der Waals surface area contributed by atoms with Gasteiger partial charge in [-0.3, -0.25) is 0 Å². The van der Waals surface area contributed by atoms with Crippen LogP contribution in [0.4, 0.5) is 0 Å². The summed E-state index contributed by atoms with van der Waals surface area (Å²) in [6.45, 7) is 1.43. The van der Waals surface area contributed by atoms with Gasteiger partial charge in [-0.05, 0) is 18.9 Å². The Hall–Kier alpha value is -0.930. The molecule has 4 heteroatoms. The lowest BCUT2D eigenvalue weighted by Crippen LogP contribution is -2.01. The van der Waals surface area contributed by atoms with Gasteiger partial charge in [0, 0.05) is 25.3 Å². The van der Waals surface area contributed by atoms with Crippen LogP contribution in [0.2, 0.25) is 0 Å². The molecule has 0 atom stereocenters. The molecule has 0 saturated carbocycles. The van der Waals surface area contributed by atoms with E-state index in [0.29, 0.717) is 12.5 Å². The van der Waals surface area contributed by atoms with Crippen molar-refractivity contribution in [1.29, 1.82) is 0 Å². The first-order valence-corrected chi connectivity index (χ1v) is 6.20. The Labute approximate surface area is 108 Å². The topological polar surface area (TPSA) is 27.7 Å². The minimum absolute atomic E-state index is 0.442. The molecule has 1 aromatic rings. The number of halogens is 1. The van der Waals surface area contributed by atoms with Crippen LogP contribution in [0, 0.1) is 0 Å². The van der Waals surface area contributed by atoms with Gasteiger partial charge in [0.2, 0.25) is 0 Å². The number of hydrogen-bond donors (Lipinski definition) is 0. The summed E-state index contributed by atoms with van der Waals surface area (Å²) in [4.78, 5) is 0. The second-order valence-corrected chi connectivity index (χ2v) is 3.92. The summed E-state index contributed by atoms with van der Waals surface area (Å²) in [6, 6.07) is 5.68. The van der Waals surface area contributed by atoms with Gasteiger partial charge in [0.1, 0.15) is 11.5 Å². The molecule has 0 amide bonds. The quantitative estimate of drug-likeness (QED) is 0.529. The van der Waals surface area contributed by atoms with Gasteiger partial charge < -0.3 is 14.2 Å². The summed E-state index contributed by atoms with van der Waals surface area (Å²) in [5.41, 5.74) is 0.985. The van der Waals surface area contributed by atoms with E-state index in [4.69, 9.17) is 25.8 Å². The zero-order valence-electron chi connectivity index (χ0n) is 10.4. The number of alkyl halides is 1. The Bertz CT molecular complexity index is 328. The molecule has 0 heterocycles. The van der Waals surface area contributed by atoms with Gasteiger partial charge in [-0.15, -0.1) is 11.6 Å². The smallest absolute Gasteiger partial charge is 0.127 e. The Morgan fingerprint density at radius 3 is 2.53 bits per heavy atom. The predicted octanol–water partition coefficient (Wildman–Crippen LogP) is 3.24. The fourth-order valence-electron chi connectivity index (χ4n) is 1.44. The fourth-order valence-corrected chi connectivity index (χ4v) is 1.66. The second-order valence-electron chi connectivity index (χ2n) is 3.66. The summed E-state index contributed by atoms with van der Waals surface area (Å²) in [7, 11) is 3.34. The largest absolute Gasteiger partial charge is 0.497 e. The first-order valence-electron chi connectivity index (χ1n) is 5.66. The third kappa shape index (κ3) is 4.84. The molecular formula is C13H19ClO3. The van der Waals surface area contributed by atoms with Gasteiger partial charge in [-0.1, -0.05) is 6.07 Å². The van der Waals surface area contributed by atoms with Crippen molar-refractivity contribution in [2.24, 2.45) is 0 Å². The van der Waals surface area contributed by atoms with Crippen molar-refractivity contribution in [3.05, 3.63) is 23.8 Å². The van der Waals surface area contributed by atoms with Gasteiger partial charge >= 0.3 is 0 Å². The molecule has 0 aliphatic rings. The van der Waals surface area contributed by atoms with E-state index in [1.54, 1.807) is 14.2 Å². The summed E-state index contributed by atoms with van der Waals surface area (Å²) < 4.78 is 15.8. The minimum atomic E-state index is 0.442. The van der Waals surface area contributed by atoms with Crippen LogP contribution in [0.25, 0.3) is 0 Å². The monoisotopic (exact) mass is 258 g/mol. The molecule has 17 heavy (non-hydrogen) atoms. The molecule has 0 spiro atoms. The molecule has 0 unspecified atom stereocenters. The molecule has 1 rings (SSSR count). The first kappa shape index (κ1) is 14.1. The van der Waals surface area contributed by atoms with E-state index in [-0.39, 0.29) is 0 Å². The van der Waals surface area contributed by atoms with E-state index in [1.807, 2.05) is 18.2 Å². The van der Waals surface area contributed by atoms with Crippen LogP contribution in [0.1, 0.15) is 18.4 Å². The van der Waals surface area contributed by atoms with Crippen molar-refractivity contribution >= 4 is 11.6 Å². The van der Waals surface area contributed by atoms with Crippen LogP contribution in [-0.4, -0.2) is 27.4 Å². The highest BCUT2D eigenvalue weighted by Gasteiger charge is 2.04. The van der Waals surface area contributed by atoms with E-state index in [2.05, 4.69) is 0 Å². The second kappa shape index (κ2) is 8.20. The van der Waals surface area contributed by atoms with Gasteiger partial charge in [0.15, 0.2) is 0 Å². The van der Waals surface area contributed by atoms with Crippen molar-refractivity contribution < 1.29 is 14.2 Å². The molecule has 0 bridgehead atoms. The van der Waals surface area contributed by atoms with Crippen molar-refractivity contribution in [3.8, 4) is 11.5 Å². The third-order valence-electron chi connectivity index (χ3n) is 2.42. The number of benzene rings is 1. The third-order valence-corrected chi connectivity index (χ3v) is 2.71. The summed E-state index contributed by atoms with van der Waals surface area (Å²) in [6.07, 6.45) is 1.96. The van der Waals surface area contributed by atoms with Gasteiger partial charge in [0.25, 0.3) is 0 Å². The Morgan fingerprint density at radius 2 is 1.88 bits per heavy atom. The molecule has 0 aliphatic heterocycles. The van der Waals surface area contributed by atoms with Crippen LogP contribution in [0.15, 0.2) is 18.2 Å². The van der Waals surface area contributed by atoms with Crippen LogP contribution in [0.5, 0.6) is 11.5 Å². The number of methoxy groups -OCH3 is 2. The normalized spacial score (nSPS) is 10.3. The standard InChI is InChI=1S/C13H19ClO3/c1-15-7-3-4-8-17-13-9-12(16-2)6-5-11(13)10-14/h5-6,9H,3-4,7-8,10H2,1-2H3. The molecule has 0 fully saturated rings. The Morgan fingerprint density at radius 1 is 1.12 bits per heavy atom. The summed E-state index contributed by atoms with van der Waals surface area (Å²) in [5, 5.41) is 0. The van der Waals surface area contributed by atoms with E-state index >= 15 is 0 Å². The van der Waals surface area contributed by atoms with E-state index in [1.165, 1.54) is 0 Å². The van der Waals surface area contributed by atoms with Crippen LogP contribution in [-0.2, 0) is 10.6 Å². The highest BCUT2D eigenvalue weighted by atomic mass is 35.5. The van der Waals surface area contributed by atoms with Gasteiger partial charge in [-0.2, -0.15) is 0 Å². The molecule has 1 aromatic carbocycles. The van der Waals surface area contributed by atoms with E-state index < -0.39 is 0 Å². The van der Waals surface area contributed by atoms with Crippen LogP contribution in [0.3, 0.4) is 0 Å². The number of hydrogen-bond acceptors (Lipinski definition) is 3. The zero-order chi connectivity index (χ0) is 12.5. The van der Waals surface area contributed by atoms with Gasteiger partial charge in [0.05, 0.1) is 19.6 Å². The lowest BCUT2D eigenvalue weighted by molar-refractivity contribution is 0.184. The Kier molecular flexibility index (Phi) is 6.82. The summed E-state index contributed by atoms with van der Waals surface area (Å²) in [5.74, 6) is 2.03. The predicted molar refractivity (Wildman–Crippen MR) is 69.2 cm³/mol. The first-order chi connectivity index (χ1) is 8.31. The maximum atomic E-state index is 5.85. The van der Waals surface area contributed by atoms with Gasteiger partial charge in [-0.25, -0.2) is 0 Å². The molecule has 96 valence electrons. The number of rotatable bonds is 8. The van der Waals surface area contributed by atoms with Crippen LogP contribution >= 0.6 is 11.6 Å². The van der Waals surface area contributed by atoms with E-state index in [0.717, 1.165) is 36.5 Å². The van der Waals surface area contributed by atoms with Crippen molar-refractivity contribution in [2.75, 3.05) is 27.4 Å². The SMILES string of the molecule is COCCCCOc1cc(OC)ccc1CCl. The highest BCUT2D eigenvalue weighted by Crippen LogP contribution is 2.26. The maximum absolute atomic E-state index is 5.85. The lowest BCUT2D eigenvalue weighted by atomic mass is 10.2. The van der Waals surface area contributed by atoms with Crippen molar-refractivity contribution in [1.82, 2.24) is 0 Å². The van der Waals surface area contributed by atoms with Crippen molar-refractivity contribution in [3.63, 3.8) is 0 Å². The fraction of sp³-hybridized carbons (Fsp3) is 0.538. The molecule has 3 nitrogen and oxygen atoms in total. The molecule has 0 saturated heterocycles. The zero-order valence-corrected chi connectivity index (χ0v) is 11.1. The van der Waals surface area contributed by atoms with Crippen molar-refractivity contribution in [2.45, 2.75) is 18.7 Å². The van der Waals surface area contributed by atoms with E-state index in [9.17, 15) is 0 Å². The molecule has 0 aliphatic carbocycles. The minimum Gasteiger partial charge on any atom is -0.497 e. The molecular weight excluding hydrogens is 240 g/mol. The highest BCUT2D eigenvalue weighted by molar-refractivity contribution is 6.17.